The second-order valence-corrected chi connectivity index (χ2v) is 3.20. The van der Waals surface area contributed by atoms with E-state index in [0.717, 1.165) is 0 Å². The van der Waals surface area contributed by atoms with Crippen LogP contribution in [0.4, 0.5) is 13.2 Å². The predicted octanol–water partition coefficient (Wildman–Crippen LogP) is 0.954. The van der Waals surface area contributed by atoms with Gasteiger partial charge in [0.05, 0.1) is 12.5 Å². The summed E-state index contributed by atoms with van der Waals surface area (Å²) in [6.45, 7) is 0. The van der Waals surface area contributed by atoms with Crippen LogP contribution in [0, 0.1) is 0 Å². The highest BCUT2D eigenvalue weighted by Gasteiger charge is 2.40. The van der Waals surface area contributed by atoms with Crippen molar-refractivity contribution in [2.45, 2.75) is 18.6 Å². The molecule has 94 valence electrons. The van der Waals surface area contributed by atoms with Crippen LogP contribution in [0.25, 0.3) is 0 Å². The Balaban J connectivity index is 2.68. The Morgan fingerprint density at radius 1 is 1.47 bits per heavy atom. The number of carboxylic acid groups (broad SMARTS) is 1. The van der Waals surface area contributed by atoms with Gasteiger partial charge in [0.25, 0.3) is 0 Å². The average molecular weight is 251 g/mol. The fourth-order valence-corrected chi connectivity index (χ4v) is 1.08. The zero-order valence-corrected chi connectivity index (χ0v) is 8.32. The van der Waals surface area contributed by atoms with Crippen LogP contribution in [0.1, 0.15) is 5.56 Å². The summed E-state index contributed by atoms with van der Waals surface area (Å²) in [5.41, 5.74) is 0.375. The van der Waals surface area contributed by atoms with Crippen LogP contribution in [-0.4, -0.2) is 29.2 Å². The lowest BCUT2D eigenvalue weighted by Gasteiger charge is -2.14. The second kappa shape index (κ2) is 4.89. The van der Waals surface area contributed by atoms with Gasteiger partial charge in [-0.3, -0.25) is 4.79 Å². The van der Waals surface area contributed by atoms with Crippen LogP contribution in [0.15, 0.2) is 23.0 Å². The molecule has 0 fully saturated rings. The number of carboxylic acids is 1. The maximum Gasteiger partial charge on any atom is 0.471 e. The minimum atomic E-state index is -5.11. The summed E-state index contributed by atoms with van der Waals surface area (Å²) in [7, 11) is 0. The predicted molar refractivity (Wildman–Crippen MR) is 48.0 cm³/mol. The number of alkyl halides is 3. The van der Waals surface area contributed by atoms with Crippen LogP contribution >= 0.6 is 0 Å². The molecule has 5 nitrogen and oxygen atoms in total. The SMILES string of the molecule is O=C(O)[C@H](Cc1ccoc1)NC(=O)C(F)(F)F. The first kappa shape index (κ1) is 13.1. The van der Waals surface area contributed by atoms with Gasteiger partial charge in [0.1, 0.15) is 6.04 Å². The van der Waals surface area contributed by atoms with Crippen molar-refractivity contribution >= 4 is 11.9 Å². The van der Waals surface area contributed by atoms with E-state index in [1.807, 2.05) is 0 Å². The minimum absolute atomic E-state index is 0.284. The van der Waals surface area contributed by atoms with Crippen LogP contribution in [0.2, 0.25) is 0 Å². The van der Waals surface area contributed by atoms with Gasteiger partial charge >= 0.3 is 18.1 Å². The van der Waals surface area contributed by atoms with Crippen LogP contribution < -0.4 is 5.32 Å². The molecule has 1 aromatic rings. The summed E-state index contributed by atoms with van der Waals surface area (Å²) >= 11 is 0. The number of furan rings is 1. The maximum absolute atomic E-state index is 11.9. The average Bonchev–Trinajstić information content (AvgIpc) is 2.67. The molecule has 8 heteroatoms. The van der Waals surface area contributed by atoms with Crippen molar-refractivity contribution in [3.63, 3.8) is 0 Å². The van der Waals surface area contributed by atoms with Gasteiger partial charge < -0.3 is 14.8 Å². The molecule has 0 bridgehead atoms. The summed E-state index contributed by atoms with van der Waals surface area (Å²) in [4.78, 5) is 21.3. The Morgan fingerprint density at radius 2 is 2.12 bits per heavy atom. The molecule has 0 aromatic carbocycles. The third-order valence-electron chi connectivity index (χ3n) is 1.88. The summed E-state index contributed by atoms with van der Waals surface area (Å²) in [5, 5.41) is 10.1. The van der Waals surface area contributed by atoms with Crippen molar-refractivity contribution in [2.75, 3.05) is 0 Å². The van der Waals surface area contributed by atoms with Gasteiger partial charge in [0.15, 0.2) is 0 Å². The van der Waals surface area contributed by atoms with Gasteiger partial charge in [0, 0.05) is 6.42 Å². The van der Waals surface area contributed by atoms with E-state index in [2.05, 4.69) is 4.42 Å². The number of amides is 1. The van der Waals surface area contributed by atoms with E-state index in [0.29, 0.717) is 5.56 Å². The summed E-state index contributed by atoms with van der Waals surface area (Å²) in [6.07, 6.45) is -2.95. The van der Waals surface area contributed by atoms with Crippen molar-refractivity contribution in [3.8, 4) is 0 Å². The maximum atomic E-state index is 11.9. The molecule has 0 spiro atoms. The van der Waals surface area contributed by atoms with Crippen molar-refractivity contribution in [3.05, 3.63) is 24.2 Å². The quantitative estimate of drug-likeness (QED) is 0.835. The molecular weight excluding hydrogens is 243 g/mol. The summed E-state index contributed by atoms with van der Waals surface area (Å²) in [5.74, 6) is -3.84. The molecule has 0 aliphatic heterocycles. The van der Waals surface area contributed by atoms with E-state index in [4.69, 9.17) is 5.11 Å². The smallest absolute Gasteiger partial charge is 0.471 e. The van der Waals surface area contributed by atoms with E-state index >= 15 is 0 Å². The molecule has 1 rings (SSSR count). The highest BCUT2D eigenvalue weighted by atomic mass is 19.4. The lowest BCUT2D eigenvalue weighted by molar-refractivity contribution is -0.175. The molecule has 0 aliphatic carbocycles. The molecule has 0 unspecified atom stereocenters. The van der Waals surface area contributed by atoms with E-state index in [1.165, 1.54) is 23.9 Å². The van der Waals surface area contributed by atoms with E-state index < -0.39 is 24.1 Å². The monoisotopic (exact) mass is 251 g/mol. The molecule has 1 amide bonds. The van der Waals surface area contributed by atoms with Crippen molar-refractivity contribution < 1.29 is 32.3 Å². The molecule has 1 aromatic heterocycles. The number of halogens is 3. The zero-order chi connectivity index (χ0) is 13.1. The lowest BCUT2D eigenvalue weighted by atomic mass is 10.1. The Kier molecular flexibility index (Phi) is 3.77. The van der Waals surface area contributed by atoms with Crippen molar-refractivity contribution in [1.29, 1.82) is 0 Å². The number of carbonyl (C=O) groups is 2. The highest BCUT2D eigenvalue weighted by molar-refractivity contribution is 5.87. The molecule has 0 saturated carbocycles. The largest absolute Gasteiger partial charge is 0.480 e. The van der Waals surface area contributed by atoms with Gasteiger partial charge in [-0.1, -0.05) is 0 Å². The normalized spacial score (nSPS) is 13.1. The molecule has 0 radical (unpaired) electrons. The van der Waals surface area contributed by atoms with Gasteiger partial charge in [-0.05, 0) is 11.6 Å². The lowest BCUT2D eigenvalue weighted by Crippen LogP contribution is -2.47. The zero-order valence-electron chi connectivity index (χ0n) is 8.32. The first-order chi connectivity index (χ1) is 7.80. The number of nitrogens with one attached hydrogen (secondary N) is 1. The van der Waals surface area contributed by atoms with Crippen LogP contribution in [-0.2, 0) is 16.0 Å². The topological polar surface area (TPSA) is 79.5 Å². The third kappa shape index (κ3) is 3.82. The number of carbonyl (C=O) groups excluding carboxylic acids is 1. The highest BCUT2D eigenvalue weighted by Crippen LogP contribution is 2.15. The van der Waals surface area contributed by atoms with E-state index in [9.17, 15) is 22.8 Å². The number of aliphatic carboxylic acids is 1. The summed E-state index contributed by atoms with van der Waals surface area (Å²) in [6, 6.07) is -0.253. The molecule has 2 N–H and O–H groups in total. The molecule has 17 heavy (non-hydrogen) atoms. The van der Waals surface area contributed by atoms with Crippen LogP contribution in [0.3, 0.4) is 0 Å². The Morgan fingerprint density at radius 3 is 2.53 bits per heavy atom. The minimum Gasteiger partial charge on any atom is -0.480 e. The number of hydrogen-bond donors (Lipinski definition) is 2. The fraction of sp³-hybridized carbons (Fsp3) is 0.333. The van der Waals surface area contributed by atoms with E-state index in [-0.39, 0.29) is 6.42 Å². The molecule has 0 saturated heterocycles. The van der Waals surface area contributed by atoms with Crippen LogP contribution in [0.5, 0.6) is 0 Å². The summed E-state index contributed by atoms with van der Waals surface area (Å²) < 4.78 is 40.4. The van der Waals surface area contributed by atoms with Crippen molar-refractivity contribution in [2.24, 2.45) is 0 Å². The Bertz CT molecular complexity index is 399. The Labute approximate surface area is 93.2 Å². The third-order valence-corrected chi connectivity index (χ3v) is 1.88. The first-order valence-corrected chi connectivity index (χ1v) is 4.42. The fourth-order valence-electron chi connectivity index (χ4n) is 1.08. The number of rotatable bonds is 4. The molecule has 1 heterocycles. The van der Waals surface area contributed by atoms with Gasteiger partial charge in [-0.25, -0.2) is 4.79 Å². The molecular formula is C9H8F3NO4. The molecule has 1 atom stereocenters. The van der Waals surface area contributed by atoms with E-state index in [1.54, 1.807) is 0 Å². The second-order valence-electron chi connectivity index (χ2n) is 3.20. The molecule has 0 aliphatic rings. The number of hydrogen-bond acceptors (Lipinski definition) is 3. The Hall–Kier alpha value is -1.99. The van der Waals surface area contributed by atoms with Gasteiger partial charge in [-0.15, -0.1) is 0 Å². The van der Waals surface area contributed by atoms with Gasteiger partial charge in [0.2, 0.25) is 0 Å². The van der Waals surface area contributed by atoms with Crippen molar-refractivity contribution in [1.82, 2.24) is 5.32 Å². The van der Waals surface area contributed by atoms with Gasteiger partial charge in [-0.2, -0.15) is 13.2 Å². The first-order valence-electron chi connectivity index (χ1n) is 4.42. The standard InChI is InChI=1S/C9H8F3NO4/c10-9(11,12)8(16)13-6(7(14)15)3-5-1-2-17-4-5/h1-2,4,6H,3H2,(H,13,16)(H,14,15)/t6-/m0/s1.